The number of phenolic OH excluding ortho intramolecular Hbond substituents is 1. The number of hydrogen-bond acceptors (Lipinski definition) is 8. The first-order valence-electron chi connectivity index (χ1n) is 11.1. The molecule has 2 aromatic carbocycles. The molecule has 2 aromatic heterocycles. The van der Waals surface area contributed by atoms with Crippen LogP contribution >= 0.6 is 0 Å². The lowest BCUT2D eigenvalue weighted by Gasteiger charge is -2.35. The summed E-state index contributed by atoms with van der Waals surface area (Å²) < 4.78 is 16.7. The lowest BCUT2D eigenvalue weighted by atomic mass is 10.1. The quantitative estimate of drug-likeness (QED) is 0.463. The van der Waals surface area contributed by atoms with Crippen LogP contribution in [0.3, 0.4) is 0 Å². The van der Waals surface area contributed by atoms with Crippen molar-refractivity contribution < 1.29 is 19.0 Å². The Kier molecular flexibility index (Phi) is 6.05. The molecule has 1 saturated heterocycles. The molecule has 0 unspecified atom stereocenters. The maximum atomic E-state index is 13.1. The minimum atomic E-state index is -0.293. The van der Waals surface area contributed by atoms with E-state index in [0.717, 1.165) is 32.0 Å². The summed E-state index contributed by atoms with van der Waals surface area (Å²) in [5.41, 5.74) is 0.675. The largest absolute Gasteiger partial charge is 0.507 e. The number of pyridine rings is 1. The lowest BCUT2D eigenvalue weighted by Crippen LogP contribution is -2.46. The Labute approximate surface area is 196 Å². The number of rotatable bonds is 6. The Hall–Kier alpha value is -4.04. The molecule has 0 atom stereocenters. The van der Waals surface area contributed by atoms with E-state index < -0.39 is 0 Å². The second kappa shape index (κ2) is 9.44. The van der Waals surface area contributed by atoms with Crippen LogP contribution in [-0.2, 0) is 6.54 Å². The Morgan fingerprint density at radius 2 is 1.76 bits per heavy atom. The fraction of sp³-hybridized carbons (Fsp3) is 0.231. The van der Waals surface area contributed by atoms with Crippen molar-refractivity contribution in [3.63, 3.8) is 0 Å². The average Bonchev–Trinajstić information content (AvgIpc) is 2.89. The molecule has 1 aliphatic heterocycles. The van der Waals surface area contributed by atoms with Crippen LogP contribution in [0.15, 0.2) is 76.3 Å². The molecule has 1 aliphatic rings. The van der Waals surface area contributed by atoms with Gasteiger partial charge in [0.1, 0.15) is 34.9 Å². The number of piperazine rings is 1. The summed E-state index contributed by atoms with van der Waals surface area (Å²) in [6.45, 7) is 3.73. The van der Waals surface area contributed by atoms with Gasteiger partial charge in [-0.3, -0.25) is 9.69 Å². The minimum Gasteiger partial charge on any atom is -0.507 e. The molecule has 0 amide bonds. The summed E-state index contributed by atoms with van der Waals surface area (Å²) in [7, 11) is 1.58. The highest BCUT2D eigenvalue weighted by molar-refractivity contribution is 5.83. The fourth-order valence-corrected chi connectivity index (χ4v) is 4.12. The molecule has 174 valence electrons. The summed E-state index contributed by atoms with van der Waals surface area (Å²) in [5.74, 6) is 2.34. The Bertz CT molecular complexity index is 1330. The van der Waals surface area contributed by atoms with Gasteiger partial charge in [-0.1, -0.05) is 6.07 Å². The second-order valence-corrected chi connectivity index (χ2v) is 8.10. The van der Waals surface area contributed by atoms with Gasteiger partial charge in [0.05, 0.1) is 18.1 Å². The number of methoxy groups -OCH3 is 1. The molecule has 34 heavy (non-hydrogen) atoms. The van der Waals surface area contributed by atoms with Crippen molar-refractivity contribution in [2.75, 3.05) is 38.2 Å². The first-order chi connectivity index (χ1) is 16.6. The van der Waals surface area contributed by atoms with E-state index in [4.69, 9.17) is 13.9 Å². The summed E-state index contributed by atoms with van der Waals surface area (Å²) in [6.07, 6.45) is 3.10. The zero-order valence-electron chi connectivity index (χ0n) is 18.8. The van der Waals surface area contributed by atoms with E-state index >= 15 is 0 Å². The number of phenols is 1. The zero-order valence-corrected chi connectivity index (χ0v) is 18.8. The van der Waals surface area contributed by atoms with Crippen LogP contribution in [0.25, 0.3) is 11.0 Å². The van der Waals surface area contributed by atoms with Gasteiger partial charge in [-0.15, -0.1) is 0 Å². The molecule has 1 N–H and O–H groups in total. The van der Waals surface area contributed by atoms with Gasteiger partial charge < -0.3 is 23.9 Å². The summed E-state index contributed by atoms with van der Waals surface area (Å²) in [4.78, 5) is 22.0. The maximum Gasteiger partial charge on any atom is 0.235 e. The predicted octanol–water partition coefficient (Wildman–Crippen LogP) is 4.02. The van der Waals surface area contributed by atoms with Gasteiger partial charge in [-0.25, -0.2) is 4.98 Å². The smallest absolute Gasteiger partial charge is 0.235 e. The van der Waals surface area contributed by atoms with Gasteiger partial charge in [0.25, 0.3) is 0 Å². The van der Waals surface area contributed by atoms with Crippen LogP contribution in [0.4, 0.5) is 5.82 Å². The van der Waals surface area contributed by atoms with Crippen LogP contribution in [-0.4, -0.2) is 48.3 Å². The van der Waals surface area contributed by atoms with E-state index in [0.29, 0.717) is 34.6 Å². The third kappa shape index (κ3) is 4.40. The van der Waals surface area contributed by atoms with Gasteiger partial charge in [0, 0.05) is 38.9 Å². The molecule has 0 bridgehead atoms. The van der Waals surface area contributed by atoms with Crippen LogP contribution in [0.1, 0.15) is 5.56 Å². The molecule has 0 radical (unpaired) electrons. The number of aromatic hydroxyl groups is 1. The van der Waals surface area contributed by atoms with E-state index in [9.17, 15) is 9.90 Å². The van der Waals surface area contributed by atoms with Crippen molar-refractivity contribution in [2.45, 2.75) is 6.54 Å². The summed E-state index contributed by atoms with van der Waals surface area (Å²) in [5, 5.41) is 10.9. The molecular formula is C26H25N3O5. The number of anilines is 1. The fourth-order valence-electron chi connectivity index (χ4n) is 4.12. The number of benzene rings is 2. The lowest BCUT2D eigenvalue weighted by molar-refractivity contribution is 0.246. The van der Waals surface area contributed by atoms with E-state index in [1.54, 1.807) is 43.6 Å². The molecular weight excluding hydrogens is 434 g/mol. The molecule has 0 spiro atoms. The van der Waals surface area contributed by atoms with E-state index in [2.05, 4.69) is 14.8 Å². The standard InChI is InChI=1S/C26H25N3O5/c1-32-18-5-7-19(8-6-18)34-23-17-33-26-20(25(23)31)9-10-22(30)21(26)16-28-12-14-29(15-13-28)24-4-2-3-11-27-24/h2-11,17,30H,12-16H2,1H3. The van der Waals surface area contributed by atoms with Gasteiger partial charge in [-0.2, -0.15) is 0 Å². The molecule has 3 heterocycles. The molecule has 4 aromatic rings. The van der Waals surface area contributed by atoms with Crippen molar-refractivity contribution in [1.29, 1.82) is 0 Å². The monoisotopic (exact) mass is 459 g/mol. The third-order valence-corrected chi connectivity index (χ3v) is 6.00. The molecule has 0 aliphatic carbocycles. The number of aromatic nitrogens is 1. The van der Waals surface area contributed by atoms with Crippen LogP contribution in [0.2, 0.25) is 0 Å². The molecule has 8 nitrogen and oxygen atoms in total. The highest BCUT2D eigenvalue weighted by Gasteiger charge is 2.22. The average molecular weight is 460 g/mol. The number of hydrogen-bond donors (Lipinski definition) is 1. The second-order valence-electron chi connectivity index (χ2n) is 8.10. The van der Waals surface area contributed by atoms with Crippen molar-refractivity contribution in [2.24, 2.45) is 0 Å². The van der Waals surface area contributed by atoms with Crippen molar-refractivity contribution in [3.8, 4) is 23.0 Å². The van der Waals surface area contributed by atoms with Gasteiger partial charge >= 0.3 is 0 Å². The minimum absolute atomic E-state index is 0.0817. The van der Waals surface area contributed by atoms with Gasteiger partial charge in [0.2, 0.25) is 11.2 Å². The number of fused-ring (bicyclic) bond motifs is 1. The normalized spacial score (nSPS) is 14.3. The van der Waals surface area contributed by atoms with Crippen LogP contribution < -0.4 is 19.8 Å². The first kappa shape index (κ1) is 21.8. The topological polar surface area (TPSA) is 88.3 Å². The van der Waals surface area contributed by atoms with Gasteiger partial charge in [-0.05, 0) is 48.5 Å². The molecule has 5 rings (SSSR count). The SMILES string of the molecule is COc1ccc(Oc2coc3c(CN4CCN(c5ccccn5)CC4)c(O)ccc3c2=O)cc1. The Morgan fingerprint density at radius 3 is 2.47 bits per heavy atom. The zero-order chi connectivity index (χ0) is 23.5. The van der Waals surface area contributed by atoms with E-state index in [-0.39, 0.29) is 16.9 Å². The Balaban J connectivity index is 1.35. The summed E-state index contributed by atoms with van der Waals surface area (Å²) in [6, 6.07) is 15.9. The predicted molar refractivity (Wildman–Crippen MR) is 129 cm³/mol. The highest BCUT2D eigenvalue weighted by Crippen LogP contribution is 2.30. The van der Waals surface area contributed by atoms with Crippen molar-refractivity contribution in [3.05, 3.63) is 82.8 Å². The number of nitrogens with zero attached hydrogens (tertiary/aromatic N) is 3. The van der Waals surface area contributed by atoms with E-state index in [1.807, 2.05) is 18.2 Å². The first-order valence-corrected chi connectivity index (χ1v) is 11.1. The van der Waals surface area contributed by atoms with E-state index in [1.165, 1.54) is 12.3 Å². The third-order valence-electron chi connectivity index (χ3n) is 6.00. The van der Waals surface area contributed by atoms with Crippen LogP contribution in [0.5, 0.6) is 23.0 Å². The van der Waals surface area contributed by atoms with Crippen molar-refractivity contribution in [1.82, 2.24) is 9.88 Å². The molecule has 1 fully saturated rings. The molecule has 0 saturated carbocycles. The number of ether oxygens (including phenoxy) is 2. The summed E-state index contributed by atoms with van der Waals surface area (Å²) >= 11 is 0. The highest BCUT2D eigenvalue weighted by atomic mass is 16.5. The molecule has 8 heteroatoms. The van der Waals surface area contributed by atoms with Gasteiger partial charge in [0.15, 0.2) is 0 Å². The maximum absolute atomic E-state index is 13.1. The Morgan fingerprint density at radius 1 is 1.00 bits per heavy atom. The van der Waals surface area contributed by atoms with Crippen molar-refractivity contribution >= 4 is 16.8 Å². The van der Waals surface area contributed by atoms with Crippen LogP contribution in [0, 0.1) is 0 Å².